The Hall–Kier alpha value is -0.790. The third-order valence-corrected chi connectivity index (χ3v) is 10.0. The molecule has 0 aromatic heterocycles. The van der Waals surface area contributed by atoms with Gasteiger partial charge in [0.2, 0.25) is 5.12 Å². The highest BCUT2D eigenvalue weighted by atomic mass is 32.2. The van der Waals surface area contributed by atoms with E-state index < -0.39 is 12.1 Å². The van der Waals surface area contributed by atoms with Crippen LogP contribution in [-0.2, 0) is 28.5 Å². The first-order valence-corrected chi connectivity index (χ1v) is 20.9. The molecule has 316 valence electrons. The van der Waals surface area contributed by atoms with E-state index in [1.54, 1.807) is 0 Å². The predicted octanol–water partition coefficient (Wildman–Crippen LogP) is 7.62. The van der Waals surface area contributed by atoms with Gasteiger partial charge in [0, 0.05) is 72.5 Å². The molecular formula is C42H86N4O6S. The molecule has 0 amide bonds. The Kier molecular flexibility index (Phi) is 21.9. The Morgan fingerprint density at radius 2 is 0.981 bits per heavy atom. The van der Waals surface area contributed by atoms with E-state index >= 15 is 0 Å². The van der Waals surface area contributed by atoms with Gasteiger partial charge in [-0.05, 0) is 138 Å². The molecular weight excluding hydrogens is 689 g/mol. The topological polar surface area (TPSA) is 84.0 Å². The molecule has 0 aliphatic rings. The molecule has 0 aliphatic carbocycles. The molecule has 0 saturated carbocycles. The molecule has 11 heteroatoms. The average Bonchev–Trinajstić information content (AvgIpc) is 2.92. The van der Waals surface area contributed by atoms with E-state index in [1.807, 2.05) is 6.92 Å². The monoisotopic (exact) mass is 775 g/mol. The first-order chi connectivity index (χ1) is 23.8. The number of esters is 1. The van der Waals surface area contributed by atoms with Crippen LogP contribution in [0.15, 0.2) is 0 Å². The lowest BCUT2D eigenvalue weighted by Crippen LogP contribution is -2.57. The number of carbonyl (C=O) groups is 2. The normalized spacial score (nSPS) is 15.2. The summed E-state index contributed by atoms with van der Waals surface area (Å²) in [5.41, 5.74) is 0.274. The number of nitrogens with zero attached hydrogens (tertiary/aromatic N) is 4. The summed E-state index contributed by atoms with van der Waals surface area (Å²) in [6.07, 6.45) is -0.393. The van der Waals surface area contributed by atoms with Gasteiger partial charge >= 0.3 is 5.97 Å². The summed E-state index contributed by atoms with van der Waals surface area (Å²) in [6.45, 7) is 51.4. The van der Waals surface area contributed by atoms with Gasteiger partial charge in [-0.1, -0.05) is 11.8 Å². The zero-order valence-corrected chi connectivity index (χ0v) is 39.1. The van der Waals surface area contributed by atoms with Crippen molar-refractivity contribution in [1.29, 1.82) is 0 Å². The van der Waals surface area contributed by atoms with Crippen LogP contribution in [0.3, 0.4) is 0 Å². The molecule has 0 rings (SSSR count). The Labute approximate surface area is 332 Å². The third kappa shape index (κ3) is 23.1. The van der Waals surface area contributed by atoms with Crippen molar-refractivity contribution < 1.29 is 28.5 Å². The Morgan fingerprint density at radius 3 is 1.42 bits per heavy atom. The molecule has 0 fully saturated rings. The Morgan fingerprint density at radius 1 is 0.528 bits per heavy atom. The van der Waals surface area contributed by atoms with E-state index in [0.29, 0.717) is 26.4 Å². The minimum atomic E-state index is -0.436. The van der Waals surface area contributed by atoms with Crippen LogP contribution in [0.25, 0.3) is 0 Å². The molecule has 0 heterocycles. The fourth-order valence-electron chi connectivity index (χ4n) is 7.00. The van der Waals surface area contributed by atoms with Crippen LogP contribution in [0, 0.1) is 0 Å². The number of hydrogen-bond donors (Lipinski definition) is 0. The van der Waals surface area contributed by atoms with E-state index in [9.17, 15) is 9.59 Å². The smallest absolute Gasteiger partial charge is 0.316 e. The zero-order valence-electron chi connectivity index (χ0n) is 38.3. The summed E-state index contributed by atoms with van der Waals surface area (Å²) < 4.78 is 23.0. The van der Waals surface area contributed by atoms with Gasteiger partial charge in [0.15, 0.2) is 0 Å². The van der Waals surface area contributed by atoms with Gasteiger partial charge in [-0.2, -0.15) is 0 Å². The molecule has 0 aromatic carbocycles. The van der Waals surface area contributed by atoms with E-state index in [2.05, 4.69) is 151 Å². The standard InChI is InChI=1S/C42H86N4O6S/c1-33(29-44(38(6,7)8)22-24-46(41(15,16)17)42(18,19)20)51-28-27-50-31-36(48)53-32-35(47)52-34(2)30-49-26-25-43(37(3,4)5)21-23-45(39(9,10)11)40(12,13)14/h33-34H,21-32H2,1-20H3. The summed E-state index contributed by atoms with van der Waals surface area (Å²) in [6, 6.07) is 0. The molecule has 2 unspecified atom stereocenters. The average molecular weight is 775 g/mol. The zero-order chi connectivity index (χ0) is 41.6. The Bertz CT molecular complexity index is 1020. The highest BCUT2D eigenvalue weighted by Gasteiger charge is 2.34. The molecule has 0 aromatic rings. The highest BCUT2D eigenvalue weighted by Crippen LogP contribution is 2.27. The van der Waals surface area contributed by atoms with Crippen LogP contribution in [0.2, 0.25) is 0 Å². The second-order valence-corrected chi connectivity index (χ2v) is 21.6. The lowest BCUT2D eigenvalue weighted by atomic mass is 9.95. The van der Waals surface area contributed by atoms with Crippen molar-refractivity contribution in [1.82, 2.24) is 19.6 Å². The van der Waals surface area contributed by atoms with Crippen molar-refractivity contribution in [3.8, 4) is 0 Å². The van der Waals surface area contributed by atoms with Gasteiger partial charge in [0.25, 0.3) is 0 Å². The van der Waals surface area contributed by atoms with Crippen molar-refractivity contribution in [2.45, 2.75) is 184 Å². The fraction of sp³-hybridized carbons (Fsp3) is 0.952. The van der Waals surface area contributed by atoms with Gasteiger partial charge in [0.05, 0.1) is 38.3 Å². The summed E-state index contributed by atoms with van der Waals surface area (Å²) in [5, 5.41) is -0.209. The van der Waals surface area contributed by atoms with Gasteiger partial charge < -0.3 is 18.9 Å². The maximum absolute atomic E-state index is 12.4. The number of rotatable bonds is 22. The summed E-state index contributed by atoms with van der Waals surface area (Å²) in [4.78, 5) is 34.8. The number of hydrogen-bond acceptors (Lipinski definition) is 11. The lowest BCUT2D eigenvalue weighted by molar-refractivity contribution is -0.148. The van der Waals surface area contributed by atoms with Crippen LogP contribution >= 0.6 is 11.8 Å². The van der Waals surface area contributed by atoms with Crippen LogP contribution in [0.4, 0.5) is 0 Å². The van der Waals surface area contributed by atoms with Crippen molar-refractivity contribution in [3.05, 3.63) is 0 Å². The van der Waals surface area contributed by atoms with Gasteiger partial charge in [0.1, 0.15) is 12.7 Å². The predicted molar refractivity (Wildman–Crippen MR) is 225 cm³/mol. The highest BCUT2D eigenvalue weighted by molar-refractivity contribution is 8.14. The molecule has 0 spiro atoms. The second-order valence-electron chi connectivity index (χ2n) is 20.5. The molecule has 0 radical (unpaired) electrons. The van der Waals surface area contributed by atoms with Crippen LogP contribution in [-0.4, -0.2) is 154 Å². The molecule has 53 heavy (non-hydrogen) atoms. The SMILES string of the molecule is CC(CN(CCN(C(C)(C)C)C(C)(C)C)C(C)(C)C)OCCOCC(=O)SCC(=O)OC(C)COCCN(CCN(C(C)(C)C)C(C)(C)C)C(C)(C)C. The van der Waals surface area contributed by atoms with Crippen molar-refractivity contribution >= 4 is 22.8 Å². The number of carbonyl (C=O) groups excluding carboxylic acids is 2. The second kappa shape index (κ2) is 22.2. The minimum Gasteiger partial charge on any atom is -0.460 e. The van der Waals surface area contributed by atoms with Crippen molar-refractivity contribution in [2.24, 2.45) is 0 Å². The van der Waals surface area contributed by atoms with Crippen molar-refractivity contribution in [2.75, 3.05) is 78.1 Å². The van der Waals surface area contributed by atoms with Crippen LogP contribution in [0.1, 0.15) is 138 Å². The molecule has 2 atom stereocenters. The maximum Gasteiger partial charge on any atom is 0.316 e. The van der Waals surface area contributed by atoms with Crippen LogP contribution in [0.5, 0.6) is 0 Å². The molecule has 10 nitrogen and oxygen atoms in total. The summed E-state index contributed by atoms with van der Waals surface area (Å²) in [7, 11) is 0. The van der Waals surface area contributed by atoms with Crippen molar-refractivity contribution in [3.63, 3.8) is 0 Å². The van der Waals surface area contributed by atoms with E-state index in [0.717, 1.165) is 51.0 Å². The third-order valence-electron chi connectivity index (χ3n) is 9.19. The largest absolute Gasteiger partial charge is 0.460 e. The first kappa shape index (κ1) is 52.2. The van der Waals surface area contributed by atoms with Crippen LogP contribution < -0.4 is 0 Å². The number of ether oxygens (including phenoxy) is 4. The maximum atomic E-state index is 12.4. The molecule has 0 N–H and O–H groups in total. The fourth-order valence-corrected chi connectivity index (χ4v) is 7.52. The minimum absolute atomic E-state index is 0.000208. The number of thioether (sulfide) groups is 1. The molecule has 0 aliphatic heterocycles. The molecule has 0 saturated heterocycles. The summed E-state index contributed by atoms with van der Waals surface area (Å²) >= 11 is 0.918. The van der Waals surface area contributed by atoms with Gasteiger partial charge in [-0.15, -0.1) is 0 Å². The summed E-state index contributed by atoms with van der Waals surface area (Å²) in [5.74, 6) is -0.491. The lowest BCUT2D eigenvalue weighted by Gasteiger charge is -2.47. The van der Waals surface area contributed by atoms with E-state index in [4.69, 9.17) is 18.9 Å². The van der Waals surface area contributed by atoms with Gasteiger partial charge in [-0.3, -0.25) is 29.2 Å². The quantitative estimate of drug-likeness (QED) is 0.0805. The van der Waals surface area contributed by atoms with E-state index in [1.165, 1.54) is 0 Å². The van der Waals surface area contributed by atoms with Gasteiger partial charge in [-0.25, -0.2) is 0 Å². The molecule has 0 bridgehead atoms. The first-order valence-electron chi connectivity index (χ1n) is 19.9. The Balaban J connectivity index is 4.50. The van der Waals surface area contributed by atoms with E-state index in [-0.39, 0.29) is 56.8 Å².